The van der Waals surface area contributed by atoms with Gasteiger partial charge in [-0.2, -0.15) is 4.98 Å². The van der Waals surface area contributed by atoms with Crippen molar-refractivity contribution in [1.82, 2.24) is 10.1 Å². The Labute approximate surface area is 169 Å². The summed E-state index contributed by atoms with van der Waals surface area (Å²) in [6.45, 7) is 5.06. The summed E-state index contributed by atoms with van der Waals surface area (Å²) in [5, 5.41) is 9.33. The van der Waals surface area contributed by atoms with Gasteiger partial charge in [0.05, 0.1) is 18.0 Å². The minimum atomic E-state index is -3.72. The van der Waals surface area contributed by atoms with Crippen molar-refractivity contribution in [3.63, 3.8) is 0 Å². The van der Waals surface area contributed by atoms with E-state index in [4.69, 9.17) is 14.4 Å². The number of hydrogen-bond donors (Lipinski definition) is 1. The van der Waals surface area contributed by atoms with Gasteiger partial charge in [-0.05, 0) is 68.3 Å². The van der Waals surface area contributed by atoms with Crippen LogP contribution in [0.1, 0.15) is 25.3 Å². The standard InChI is InChI=1S/C20H22N4O4S/c1-3-27-16-6-4-14(5-7-16)20-22-19(28-23-20)12-24-13(2)10-15-11-17(29(21,25)26)8-9-18(15)24/h4-9,11,13H,3,10,12H2,1-2H3,(H2,21,25,26)/t13-/m1/s1. The van der Waals surface area contributed by atoms with E-state index in [-0.39, 0.29) is 10.9 Å². The second kappa shape index (κ2) is 7.49. The Bertz CT molecular complexity index is 1130. The summed E-state index contributed by atoms with van der Waals surface area (Å²) >= 11 is 0. The average molecular weight is 414 g/mol. The lowest BCUT2D eigenvalue weighted by atomic mass is 10.1. The topological polar surface area (TPSA) is 112 Å². The normalized spacial score (nSPS) is 16.1. The Morgan fingerprint density at radius 1 is 1.24 bits per heavy atom. The minimum absolute atomic E-state index is 0.126. The molecule has 0 saturated carbocycles. The number of ether oxygens (including phenoxy) is 1. The highest BCUT2D eigenvalue weighted by Crippen LogP contribution is 2.34. The van der Waals surface area contributed by atoms with Crippen LogP contribution in [0.5, 0.6) is 5.75 Å². The predicted octanol–water partition coefficient (Wildman–Crippen LogP) is 2.73. The SMILES string of the molecule is CCOc1ccc(-c2noc(CN3c4ccc(S(N)(=O)=O)cc4C[C@H]3C)n2)cc1. The van der Waals surface area contributed by atoms with Crippen molar-refractivity contribution in [3.8, 4) is 17.1 Å². The monoisotopic (exact) mass is 414 g/mol. The van der Waals surface area contributed by atoms with E-state index in [9.17, 15) is 8.42 Å². The molecule has 0 spiro atoms. The molecule has 152 valence electrons. The maximum Gasteiger partial charge on any atom is 0.246 e. The summed E-state index contributed by atoms with van der Waals surface area (Å²) in [5.74, 6) is 1.80. The Morgan fingerprint density at radius 2 is 2.00 bits per heavy atom. The molecule has 0 radical (unpaired) electrons. The number of hydrogen-bond acceptors (Lipinski definition) is 7. The van der Waals surface area contributed by atoms with Crippen molar-refractivity contribution in [2.45, 2.75) is 37.8 Å². The number of sulfonamides is 1. The summed E-state index contributed by atoms with van der Waals surface area (Å²) < 4.78 is 34.1. The van der Waals surface area contributed by atoms with Crippen LogP contribution in [0.15, 0.2) is 51.9 Å². The summed E-state index contributed by atoms with van der Waals surface area (Å²) in [5.41, 5.74) is 2.73. The van der Waals surface area contributed by atoms with Crippen LogP contribution < -0.4 is 14.8 Å². The molecule has 3 aromatic rings. The van der Waals surface area contributed by atoms with E-state index in [0.717, 1.165) is 29.0 Å². The zero-order chi connectivity index (χ0) is 20.6. The maximum absolute atomic E-state index is 11.6. The third-order valence-electron chi connectivity index (χ3n) is 4.93. The van der Waals surface area contributed by atoms with E-state index >= 15 is 0 Å². The largest absolute Gasteiger partial charge is 0.494 e. The highest BCUT2D eigenvalue weighted by Gasteiger charge is 2.28. The lowest BCUT2D eigenvalue weighted by Crippen LogP contribution is -2.28. The van der Waals surface area contributed by atoms with Gasteiger partial charge in [0.2, 0.25) is 21.7 Å². The van der Waals surface area contributed by atoms with Gasteiger partial charge in [0.25, 0.3) is 0 Å². The zero-order valence-electron chi connectivity index (χ0n) is 16.2. The molecule has 1 aromatic heterocycles. The first-order valence-corrected chi connectivity index (χ1v) is 10.9. The highest BCUT2D eigenvalue weighted by molar-refractivity contribution is 7.89. The molecule has 0 unspecified atom stereocenters. The number of benzene rings is 2. The number of nitrogens with zero attached hydrogens (tertiary/aromatic N) is 3. The molecule has 1 atom stereocenters. The second-order valence-electron chi connectivity index (χ2n) is 6.99. The lowest BCUT2D eigenvalue weighted by molar-refractivity contribution is 0.340. The van der Waals surface area contributed by atoms with Gasteiger partial charge in [0, 0.05) is 17.3 Å². The van der Waals surface area contributed by atoms with Gasteiger partial charge in [-0.15, -0.1) is 0 Å². The summed E-state index contributed by atoms with van der Waals surface area (Å²) in [6, 6.07) is 12.6. The number of fused-ring (bicyclic) bond motifs is 1. The smallest absolute Gasteiger partial charge is 0.246 e. The van der Waals surface area contributed by atoms with Crippen LogP contribution in [-0.4, -0.2) is 31.2 Å². The first-order chi connectivity index (χ1) is 13.8. The summed E-state index contributed by atoms with van der Waals surface area (Å²) in [6.07, 6.45) is 0.721. The molecule has 2 aromatic carbocycles. The fourth-order valence-electron chi connectivity index (χ4n) is 3.54. The molecular weight excluding hydrogens is 392 g/mol. The Balaban J connectivity index is 1.54. The molecule has 0 saturated heterocycles. The average Bonchev–Trinajstić information content (AvgIpc) is 3.27. The number of aromatic nitrogens is 2. The Morgan fingerprint density at radius 3 is 2.69 bits per heavy atom. The molecule has 0 amide bonds. The molecule has 1 aliphatic heterocycles. The van der Waals surface area contributed by atoms with Crippen molar-refractivity contribution < 1.29 is 17.7 Å². The van der Waals surface area contributed by atoms with Gasteiger partial charge in [-0.1, -0.05) is 5.16 Å². The summed E-state index contributed by atoms with van der Waals surface area (Å²) in [7, 11) is -3.72. The first-order valence-electron chi connectivity index (χ1n) is 9.33. The van der Waals surface area contributed by atoms with Crippen LogP contribution in [0.25, 0.3) is 11.4 Å². The van der Waals surface area contributed by atoms with Crippen molar-refractivity contribution in [1.29, 1.82) is 0 Å². The second-order valence-corrected chi connectivity index (χ2v) is 8.55. The molecule has 29 heavy (non-hydrogen) atoms. The fraction of sp³-hybridized carbons (Fsp3) is 0.300. The first kappa shape index (κ1) is 19.4. The number of nitrogens with two attached hydrogens (primary N) is 1. The summed E-state index contributed by atoms with van der Waals surface area (Å²) in [4.78, 5) is 6.76. The lowest BCUT2D eigenvalue weighted by Gasteiger charge is -2.22. The molecule has 8 nitrogen and oxygen atoms in total. The third-order valence-corrected chi connectivity index (χ3v) is 5.84. The van der Waals surface area contributed by atoms with Crippen LogP contribution in [0.4, 0.5) is 5.69 Å². The minimum Gasteiger partial charge on any atom is -0.494 e. The van der Waals surface area contributed by atoms with Crippen LogP contribution in [0, 0.1) is 0 Å². The van der Waals surface area contributed by atoms with E-state index in [1.165, 1.54) is 6.07 Å². The van der Waals surface area contributed by atoms with Crippen LogP contribution in [0.3, 0.4) is 0 Å². The molecule has 0 aliphatic carbocycles. The Hall–Kier alpha value is -2.91. The molecule has 2 heterocycles. The molecule has 4 rings (SSSR count). The van der Waals surface area contributed by atoms with Crippen molar-refractivity contribution >= 4 is 15.7 Å². The van der Waals surface area contributed by atoms with Gasteiger partial charge in [0.1, 0.15) is 5.75 Å². The Kier molecular flexibility index (Phi) is 5.01. The third kappa shape index (κ3) is 3.96. The van der Waals surface area contributed by atoms with E-state index in [1.807, 2.05) is 31.2 Å². The zero-order valence-corrected chi connectivity index (χ0v) is 17.0. The quantitative estimate of drug-likeness (QED) is 0.660. The molecule has 1 aliphatic rings. The van der Waals surface area contributed by atoms with Gasteiger partial charge in [0.15, 0.2) is 0 Å². The number of rotatable bonds is 6. The predicted molar refractivity (Wildman–Crippen MR) is 108 cm³/mol. The number of primary sulfonamides is 1. The van der Waals surface area contributed by atoms with Gasteiger partial charge in [-0.3, -0.25) is 0 Å². The maximum atomic E-state index is 11.6. The van der Waals surface area contributed by atoms with Crippen LogP contribution in [0.2, 0.25) is 0 Å². The van der Waals surface area contributed by atoms with E-state index < -0.39 is 10.0 Å². The van der Waals surface area contributed by atoms with Crippen LogP contribution in [-0.2, 0) is 23.0 Å². The molecule has 9 heteroatoms. The molecule has 0 bridgehead atoms. The molecule has 2 N–H and O–H groups in total. The van der Waals surface area contributed by atoms with Crippen molar-refractivity contribution in [2.24, 2.45) is 5.14 Å². The van der Waals surface area contributed by atoms with E-state index in [0.29, 0.717) is 24.9 Å². The van der Waals surface area contributed by atoms with E-state index in [1.54, 1.807) is 12.1 Å². The van der Waals surface area contributed by atoms with E-state index in [2.05, 4.69) is 22.0 Å². The van der Waals surface area contributed by atoms with Gasteiger partial charge < -0.3 is 14.2 Å². The molecular formula is C20H22N4O4S. The fourth-order valence-corrected chi connectivity index (χ4v) is 4.10. The van der Waals surface area contributed by atoms with Crippen molar-refractivity contribution in [2.75, 3.05) is 11.5 Å². The van der Waals surface area contributed by atoms with Crippen LogP contribution >= 0.6 is 0 Å². The molecule has 0 fully saturated rings. The van der Waals surface area contributed by atoms with Gasteiger partial charge >= 0.3 is 0 Å². The van der Waals surface area contributed by atoms with Crippen molar-refractivity contribution in [3.05, 3.63) is 53.9 Å². The number of anilines is 1. The highest BCUT2D eigenvalue weighted by atomic mass is 32.2. The van der Waals surface area contributed by atoms with Gasteiger partial charge in [-0.25, -0.2) is 13.6 Å².